The monoisotopic (exact) mass is 478 g/mol. The Morgan fingerprint density at radius 2 is 1.62 bits per heavy atom. The summed E-state index contributed by atoms with van der Waals surface area (Å²) in [6.07, 6.45) is -1.14. The molecule has 8 nitrogen and oxygen atoms in total. The van der Waals surface area contributed by atoms with E-state index in [2.05, 4.69) is 5.32 Å². The van der Waals surface area contributed by atoms with Crippen molar-refractivity contribution in [3.63, 3.8) is 0 Å². The summed E-state index contributed by atoms with van der Waals surface area (Å²) in [5.41, 5.74) is 0.895. The highest BCUT2D eigenvalue weighted by Crippen LogP contribution is 2.33. The molecule has 0 saturated heterocycles. The molecule has 172 valence electrons. The van der Waals surface area contributed by atoms with E-state index in [-0.39, 0.29) is 27.4 Å². The van der Waals surface area contributed by atoms with E-state index in [4.69, 9.17) is 21.1 Å². The van der Waals surface area contributed by atoms with Gasteiger partial charge in [0.2, 0.25) is 0 Å². The summed E-state index contributed by atoms with van der Waals surface area (Å²) in [6.45, 7) is 1.42. The number of ether oxygens (including phenoxy) is 2. The van der Waals surface area contributed by atoms with Crippen LogP contribution in [0.1, 0.15) is 38.0 Å². The van der Waals surface area contributed by atoms with Crippen molar-refractivity contribution in [3.8, 4) is 5.75 Å². The highest BCUT2D eigenvalue weighted by atomic mass is 35.5. The first-order valence-corrected chi connectivity index (χ1v) is 10.6. The van der Waals surface area contributed by atoms with Crippen molar-refractivity contribution < 1.29 is 28.7 Å². The summed E-state index contributed by atoms with van der Waals surface area (Å²) in [7, 11) is 1.47. The van der Waals surface area contributed by atoms with E-state index in [1.807, 2.05) is 0 Å². The Balaban J connectivity index is 1.50. The van der Waals surface area contributed by atoms with Gasteiger partial charge < -0.3 is 14.8 Å². The first-order chi connectivity index (χ1) is 16.3. The molecule has 0 aliphatic carbocycles. The molecule has 0 aromatic heterocycles. The largest absolute Gasteiger partial charge is 0.495 e. The zero-order chi connectivity index (χ0) is 24.4. The van der Waals surface area contributed by atoms with E-state index in [0.29, 0.717) is 11.4 Å². The Bertz CT molecular complexity index is 1320. The molecule has 1 N–H and O–H groups in total. The summed E-state index contributed by atoms with van der Waals surface area (Å²) in [5.74, 6) is -2.07. The molecule has 0 bridgehead atoms. The third-order valence-corrected chi connectivity index (χ3v) is 5.55. The molecule has 4 rings (SSSR count). The third-order valence-electron chi connectivity index (χ3n) is 5.23. The van der Waals surface area contributed by atoms with Crippen LogP contribution < -0.4 is 15.0 Å². The van der Waals surface area contributed by atoms with Gasteiger partial charge in [-0.2, -0.15) is 0 Å². The second kappa shape index (κ2) is 9.36. The maximum absolute atomic E-state index is 12.9. The number of carbonyl (C=O) groups is 4. The Kier molecular flexibility index (Phi) is 6.34. The van der Waals surface area contributed by atoms with E-state index in [9.17, 15) is 19.2 Å². The SMILES string of the molecule is COc1ccccc1NC(=O)C(C)OC(=O)c1ccc2c(c1)C(=O)N(c1ccccc1Cl)C2=O. The van der Waals surface area contributed by atoms with Gasteiger partial charge in [-0.1, -0.05) is 35.9 Å². The second-order valence-electron chi connectivity index (χ2n) is 7.39. The Labute approximate surface area is 200 Å². The zero-order valence-corrected chi connectivity index (χ0v) is 19.0. The first-order valence-electron chi connectivity index (χ1n) is 10.2. The van der Waals surface area contributed by atoms with Gasteiger partial charge in [-0.05, 0) is 49.4 Å². The third kappa shape index (κ3) is 4.23. The maximum Gasteiger partial charge on any atom is 0.338 e. The van der Waals surface area contributed by atoms with Gasteiger partial charge in [-0.25, -0.2) is 9.69 Å². The fourth-order valence-electron chi connectivity index (χ4n) is 3.48. The lowest BCUT2D eigenvalue weighted by Crippen LogP contribution is -2.30. The van der Waals surface area contributed by atoms with Crippen LogP contribution in [0.25, 0.3) is 0 Å². The van der Waals surface area contributed by atoms with Crippen molar-refractivity contribution in [2.75, 3.05) is 17.3 Å². The number of nitrogens with one attached hydrogen (secondary N) is 1. The summed E-state index contributed by atoms with van der Waals surface area (Å²) in [5, 5.41) is 2.88. The van der Waals surface area contributed by atoms with E-state index in [0.717, 1.165) is 4.90 Å². The quantitative estimate of drug-likeness (QED) is 0.418. The van der Waals surface area contributed by atoms with Crippen LogP contribution in [-0.2, 0) is 9.53 Å². The molecule has 0 fully saturated rings. The predicted molar refractivity (Wildman–Crippen MR) is 126 cm³/mol. The fourth-order valence-corrected chi connectivity index (χ4v) is 3.70. The summed E-state index contributed by atoms with van der Waals surface area (Å²) >= 11 is 6.16. The molecule has 1 atom stereocenters. The Hall–Kier alpha value is -4.17. The summed E-state index contributed by atoms with van der Waals surface area (Å²) in [4.78, 5) is 51.9. The number of carbonyl (C=O) groups excluding carboxylic acids is 4. The molecule has 1 aliphatic heterocycles. The molecule has 1 heterocycles. The van der Waals surface area contributed by atoms with Crippen LogP contribution in [0.4, 0.5) is 11.4 Å². The Morgan fingerprint density at radius 1 is 0.941 bits per heavy atom. The van der Waals surface area contributed by atoms with Crippen LogP contribution in [0.5, 0.6) is 5.75 Å². The van der Waals surface area contributed by atoms with Crippen molar-refractivity contribution in [1.29, 1.82) is 0 Å². The minimum absolute atomic E-state index is 0.0258. The van der Waals surface area contributed by atoms with Crippen molar-refractivity contribution in [1.82, 2.24) is 0 Å². The van der Waals surface area contributed by atoms with Gasteiger partial charge in [-0.3, -0.25) is 14.4 Å². The second-order valence-corrected chi connectivity index (χ2v) is 7.80. The molecule has 3 aromatic rings. The average Bonchev–Trinajstić information content (AvgIpc) is 3.09. The van der Waals surface area contributed by atoms with Crippen LogP contribution >= 0.6 is 11.6 Å². The molecule has 0 radical (unpaired) electrons. The Morgan fingerprint density at radius 3 is 2.35 bits per heavy atom. The number of rotatable bonds is 6. The number of hydrogen-bond donors (Lipinski definition) is 1. The van der Waals surface area contributed by atoms with Crippen molar-refractivity contribution in [2.45, 2.75) is 13.0 Å². The lowest BCUT2D eigenvalue weighted by atomic mass is 10.1. The highest BCUT2D eigenvalue weighted by molar-refractivity contribution is 6.39. The topological polar surface area (TPSA) is 102 Å². The number of esters is 1. The van der Waals surface area contributed by atoms with Gasteiger partial charge in [0, 0.05) is 0 Å². The molecule has 34 heavy (non-hydrogen) atoms. The number of nitrogens with zero attached hydrogens (tertiary/aromatic N) is 1. The predicted octanol–water partition coefficient (Wildman–Crippen LogP) is 4.33. The lowest BCUT2D eigenvalue weighted by Gasteiger charge is -2.15. The normalized spacial score (nSPS) is 13.3. The van der Waals surface area contributed by atoms with Crippen molar-refractivity contribution in [2.24, 2.45) is 0 Å². The van der Waals surface area contributed by atoms with Gasteiger partial charge in [0.1, 0.15) is 5.75 Å². The van der Waals surface area contributed by atoms with Crippen LogP contribution in [0.2, 0.25) is 5.02 Å². The van der Waals surface area contributed by atoms with E-state index in [1.54, 1.807) is 48.5 Å². The molecular weight excluding hydrogens is 460 g/mol. The van der Waals surface area contributed by atoms with Gasteiger partial charge in [0.25, 0.3) is 17.7 Å². The minimum Gasteiger partial charge on any atom is -0.495 e. The average molecular weight is 479 g/mol. The van der Waals surface area contributed by atoms with Crippen molar-refractivity contribution >= 4 is 46.7 Å². The molecule has 3 amide bonds. The summed E-state index contributed by atoms with van der Waals surface area (Å²) < 4.78 is 10.5. The molecule has 1 aliphatic rings. The number of imide groups is 1. The minimum atomic E-state index is -1.14. The van der Waals surface area contributed by atoms with E-state index >= 15 is 0 Å². The van der Waals surface area contributed by atoms with Gasteiger partial charge in [-0.15, -0.1) is 0 Å². The highest BCUT2D eigenvalue weighted by Gasteiger charge is 2.38. The zero-order valence-electron chi connectivity index (χ0n) is 18.2. The molecule has 9 heteroatoms. The first kappa shape index (κ1) is 23.0. The lowest BCUT2D eigenvalue weighted by molar-refractivity contribution is -0.123. The number of halogens is 1. The molecule has 1 unspecified atom stereocenters. The van der Waals surface area contributed by atoms with Crippen molar-refractivity contribution in [3.05, 3.63) is 88.4 Å². The number of methoxy groups -OCH3 is 1. The van der Waals surface area contributed by atoms with Crippen LogP contribution in [0.3, 0.4) is 0 Å². The van der Waals surface area contributed by atoms with Crippen LogP contribution in [0, 0.1) is 0 Å². The number of hydrogen-bond acceptors (Lipinski definition) is 6. The maximum atomic E-state index is 12.9. The molecular formula is C25H19ClN2O6. The molecule has 3 aromatic carbocycles. The van der Waals surface area contributed by atoms with Gasteiger partial charge >= 0.3 is 5.97 Å². The molecule has 0 spiro atoms. The standard InChI is InChI=1S/C25H19ClN2O6/c1-14(22(29)27-19-8-4-6-10-21(19)33-2)34-25(32)15-11-12-16-17(13-15)24(31)28(23(16)30)20-9-5-3-7-18(20)26/h3-14H,1-2H3,(H,27,29). The number of benzene rings is 3. The van der Waals surface area contributed by atoms with Gasteiger partial charge in [0.15, 0.2) is 6.10 Å². The fraction of sp³-hybridized carbons (Fsp3) is 0.120. The van der Waals surface area contributed by atoms with E-state index < -0.39 is 29.8 Å². The number of anilines is 2. The number of para-hydroxylation sites is 3. The number of amides is 3. The van der Waals surface area contributed by atoms with Crippen LogP contribution in [-0.4, -0.2) is 36.9 Å². The smallest absolute Gasteiger partial charge is 0.338 e. The van der Waals surface area contributed by atoms with E-state index in [1.165, 1.54) is 32.2 Å². The van der Waals surface area contributed by atoms with Crippen LogP contribution in [0.15, 0.2) is 66.7 Å². The molecule has 0 saturated carbocycles. The summed E-state index contributed by atoms with van der Waals surface area (Å²) in [6, 6.07) is 17.3. The van der Waals surface area contributed by atoms with Gasteiger partial charge in [0.05, 0.1) is 40.2 Å². The number of fused-ring (bicyclic) bond motifs is 1.